The number of aromatic nitrogens is 2. The van der Waals surface area contributed by atoms with Gasteiger partial charge >= 0.3 is 5.97 Å². The van der Waals surface area contributed by atoms with Crippen LogP contribution in [0, 0.1) is 0 Å². The van der Waals surface area contributed by atoms with Gasteiger partial charge in [0.25, 0.3) is 5.56 Å². The SMILES string of the molecule is CC(C)OC(=O)CSc1nc2sccc2c(=O)n1C. The van der Waals surface area contributed by atoms with E-state index in [4.69, 9.17) is 4.74 Å². The van der Waals surface area contributed by atoms with Gasteiger partial charge in [0.2, 0.25) is 0 Å². The highest BCUT2D eigenvalue weighted by atomic mass is 32.2. The molecule has 0 unspecified atom stereocenters. The van der Waals surface area contributed by atoms with Gasteiger partial charge in [0.15, 0.2) is 5.16 Å². The Balaban J connectivity index is 2.19. The monoisotopic (exact) mass is 298 g/mol. The van der Waals surface area contributed by atoms with E-state index in [-0.39, 0.29) is 23.4 Å². The van der Waals surface area contributed by atoms with Crippen molar-refractivity contribution >= 4 is 39.3 Å². The lowest BCUT2D eigenvalue weighted by atomic mass is 10.4. The van der Waals surface area contributed by atoms with Crippen LogP contribution in [-0.4, -0.2) is 27.4 Å². The first-order chi connectivity index (χ1) is 8.99. The normalized spacial score (nSPS) is 11.2. The molecule has 0 aliphatic rings. The summed E-state index contributed by atoms with van der Waals surface area (Å²) in [4.78, 5) is 28.6. The van der Waals surface area contributed by atoms with Gasteiger partial charge in [0.05, 0.1) is 17.2 Å². The summed E-state index contributed by atoms with van der Waals surface area (Å²) >= 11 is 2.63. The minimum Gasteiger partial charge on any atom is -0.462 e. The van der Waals surface area contributed by atoms with Gasteiger partial charge in [-0.3, -0.25) is 14.2 Å². The molecule has 0 radical (unpaired) electrons. The molecule has 2 heterocycles. The topological polar surface area (TPSA) is 61.2 Å². The van der Waals surface area contributed by atoms with Crippen LogP contribution >= 0.6 is 23.1 Å². The summed E-state index contributed by atoms with van der Waals surface area (Å²) in [5, 5.41) is 2.97. The minimum absolute atomic E-state index is 0.0917. The molecule has 0 aromatic carbocycles. The fourth-order valence-corrected chi connectivity index (χ4v) is 3.09. The number of hydrogen-bond donors (Lipinski definition) is 0. The third kappa shape index (κ3) is 3.16. The van der Waals surface area contributed by atoms with Gasteiger partial charge in [-0.2, -0.15) is 0 Å². The molecular weight excluding hydrogens is 284 g/mol. The number of hydrogen-bond acceptors (Lipinski definition) is 6. The Morgan fingerprint density at radius 1 is 1.58 bits per heavy atom. The van der Waals surface area contributed by atoms with Crippen LogP contribution in [0.1, 0.15) is 13.8 Å². The molecule has 0 N–H and O–H groups in total. The molecule has 0 saturated carbocycles. The van der Waals surface area contributed by atoms with Crippen molar-refractivity contribution in [3.05, 3.63) is 21.8 Å². The third-order valence-electron chi connectivity index (χ3n) is 2.35. The molecule has 19 heavy (non-hydrogen) atoms. The van der Waals surface area contributed by atoms with E-state index in [1.54, 1.807) is 27.0 Å². The number of ether oxygens (including phenoxy) is 1. The molecular formula is C12H14N2O3S2. The Morgan fingerprint density at radius 3 is 3.00 bits per heavy atom. The van der Waals surface area contributed by atoms with Crippen molar-refractivity contribution in [3.63, 3.8) is 0 Å². The zero-order valence-corrected chi connectivity index (χ0v) is 12.5. The van der Waals surface area contributed by atoms with Gasteiger partial charge < -0.3 is 4.74 Å². The number of rotatable bonds is 4. The second-order valence-electron chi connectivity index (χ2n) is 4.23. The molecule has 5 nitrogen and oxygen atoms in total. The fourth-order valence-electron chi connectivity index (χ4n) is 1.53. The van der Waals surface area contributed by atoms with Crippen LogP contribution in [0.5, 0.6) is 0 Å². The Hall–Kier alpha value is -1.34. The molecule has 0 aliphatic carbocycles. The zero-order valence-electron chi connectivity index (χ0n) is 10.9. The van der Waals surface area contributed by atoms with E-state index in [0.29, 0.717) is 15.4 Å². The van der Waals surface area contributed by atoms with Crippen molar-refractivity contribution in [3.8, 4) is 0 Å². The van der Waals surface area contributed by atoms with Crippen LogP contribution in [0.3, 0.4) is 0 Å². The Bertz CT molecular complexity index is 661. The predicted octanol–water partition coefficient (Wildman–Crippen LogP) is 2.04. The molecule has 2 aromatic heterocycles. The highest BCUT2D eigenvalue weighted by Gasteiger charge is 2.12. The number of fused-ring (bicyclic) bond motifs is 1. The van der Waals surface area contributed by atoms with Gasteiger partial charge in [-0.1, -0.05) is 11.8 Å². The van der Waals surface area contributed by atoms with Crippen LogP contribution < -0.4 is 5.56 Å². The molecule has 0 fully saturated rings. The van der Waals surface area contributed by atoms with Crippen molar-refractivity contribution in [1.82, 2.24) is 9.55 Å². The molecule has 0 atom stereocenters. The number of thiophene rings is 1. The summed E-state index contributed by atoms with van der Waals surface area (Å²) in [6.07, 6.45) is -0.135. The molecule has 0 saturated heterocycles. The van der Waals surface area contributed by atoms with E-state index in [1.807, 2.05) is 5.38 Å². The molecule has 0 aliphatic heterocycles. The number of esters is 1. The average molecular weight is 298 g/mol. The van der Waals surface area contributed by atoms with Crippen molar-refractivity contribution in [2.24, 2.45) is 7.05 Å². The lowest BCUT2D eigenvalue weighted by molar-refractivity contribution is -0.144. The number of thioether (sulfide) groups is 1. The zero-order chi connectivity index (χ0) is 14.0. The molecule has 2 aromatic rings. The smallest absolute Gasteiger partial charge is 0.316 e. The van der Waals surface area contributed by atoms with E-state index in [0.717, 1.165) is 0 Å². The number of carbonyl (C=O) groups is 1. The predicted molar refractivity (Wildman–Crippen MR) is 76.8 cm³/mol. The minimum atomic E-state index is -0.305. The molecule has 102 valence electrons. The molecule has 0 spiro atoms. The standard InChI is InChI=1S/C12H14N2O3S2/c1-7(2)17-9(15)6-19-12-13-10-8(4-5-18-10)11(16)14(12)3/h4-5,7H,6H2,1-3H3. The van der Waals surface area contributed by atoms with Gasteiger partial charge in [0.1, 0.15) is 4.83 Å². The van der Waals surface area contributed by atoms with Crippen molar-refractivity contribution < 1.29 is 9.53 Å². The van der Waals surface area contributed by atoms with Crippen molar-refractivity contribution in [2.45, 2.75) is 25.1 Å². The van der Waals surface area contributed by atoms with Gasteiger partial charge in [-0.25, -0.2) is 4.98 Å². The quantitative estimate of drug-likeness (QED) is 0.491. The van der Waals surface area contributed by atoms with Crippen LogP contribution in [0.25, 0.3) is 10.2 Å². The van der Waals surface area contributed by atoms with E-state index >= 15 is 0 Å². The van der Waals surface area contributed by atoms with Gasteiger partial charge in [-0.15, -0.1) is 11.3 Å². The van der Waals surface area contributed by atoms with E-state index in [2.05, 4.69) is 4.98 Å². The first kappa shape index (κ1) is 14.1. The summed E-state index contributed by atoms with van der Waals surface area (Å²) in [7, 11) is 1.66. The Morgan fingerprint density at radius 2 is 2.32 bits per heavy atom. The fraction of sp³-hybridized carbons (Fsp3) is 0.417. The summed E-state index contributed by atoms with van der Waals surface area (Å²) < 4.78 is 6.50. The van der Waals surface area contributed by atoms with E-state index in [9.17, 15) is 9.59 Å². The second-order valence-corrected chi connectivity index (χ2v) is 6.06. The maximum Gasteiger partial charge on any atom is 0.316 e. The maximum atomic E-state index is 12.0. The highest BCUT2D eigenvalue weighted by Crippen LogP contribution is 2.20. The van der Waals surface area contributed by atoms with Gasteiger partial charge in [-0.05, 0) is 25.3 Å². The van der Waals surface area contributed by atoms with Gasteiger partial charge in [0, 0.05) is 7.05 Å². The maximum absolute atomic E-state index is 12.0. The van der Waals surface area contributed by atoms with Crippen LogP contribution in [-0.2, 0) is 16.6 Å². The summed E-state index contributed by atoms with van der Waals surface area (Å²) in [5.74, 6) is -0.157. The third-order valence-corrected chi connectivity index (χ3v) is 4.16. The van der Waals surface area contributed by atoms with Crippen LogP contribution in [0.15, 0.2) is 21.4 Å². The molecule has 2 rings (SSSR count). The molecule has 7 heteroatoms. The highest BCUT2D eigenvalue weighted by molar-refractivity contribution is 7.99. The summed E-state index contributed by atoms with van der Waals surface area (Å²) in [5.41, 5.74) is -0.0917. The number of carbonyl (C=O) groups excluding carboxylic acids is 1. The second kappa shape index (κ2) is 5.75. The first-order valence-corrected chi connectivity index (χ1v) is 7.62. The van der Waals surface area contributed by atoms with E-state index in [1.165, 1.54) is 27.7 Å². The Labute approximate surface area is 118 Å². The largest absolute Gasteiger partial charge is 0.462 e. The first-order valence-electron chi connectivity index (χ1n) is 5.75. The lowest BCUT2D eigenvalue weighted by Crippen LogP contribution is -2.20. The average Bonchev–Trinajstić information content (AvgIpc) is 2.79. The number of nitrogens with zero attached hydrogens (tertiary/aromatic N) is 2. The van der Waals surface area contributed by atoms with Crippen molar-refractivity contribution in [1.29, 1.82) is 0 Å². The summed E-state index contributed by atoms with van der Waals surface area (Å²) in [6, 6.07) is 1.76. The molecule has 0 amide bonds. The van der Waals surface area contributed by atoms with E-state index < -0.39 is 0 Å². The molecule has 0 bridgehead atoms. The van der Waals surface area contributed by atoms with Crippen molar-refractivity contribution in [2.75, 3.05) is 5.75 Å². The van der Waals surface area contributed by atoms with Crippen LogP contribution in [0.2, 0.25) is 0 Å². The summed E-state index contributed by atoms with van der Waals surface area (Å²) in [6.45, 7) is 3.60. The van der Waals surface area contributed by atoms with Crippen LogP contribution in [0.4, 0.5) is 0 Å². The Kier molecular flexibility index (Phi) is 4.26. The lowest BCUT2D eigenvalue weighted by Gasteiger charge is -2.09.